The number of hydrogen-bond donors (Lipinski definition) is 1. The lowest BCUT2D eigenvalue weighted by atomic mass is 10.4. The Hall–Kier alpha value is -0.970. The molecule has 0 aliphatic carbocycles. The summed E-state index contributed by atoms with van der Waals surface area (Å²) in [6.45, 7) is 0. The zero-order valence-corrected chi connectivity index (χ0v) is 6.02. The molecular formula is C5H4ClF2N3. The molecule has 0 atom stereocenters. The summed E-state index contributed by atoms with van der Waals surface area (Å²) in [5.41, 5.74) is 4.36. The average molecular weight is 180 g/mol. The maximum absolute atomic E-state index is 12.0. The van der Waals surface area contributed by atoms with E-state index >= 15 is 0 Å². The summed E-state index contributed by atoms with van der Waals surface area (Å²) in [5.74, 6) is 0. The van der Waals surface area contributed by atoms with E-state index in [1.165, 1.54) is 0 Å². The fourth-order valence-electron chi connectivity index (χ4n) is 0.560. The van der Waals surface area contributed by atoms with Crippen molar-refractivity contribution in [1.82, 2.24) is 9.97 Å². The van der Waals surface area contributed by atoms with Crippen LogP contribution in [0.5, 0.6) is 0 Å². The highest BCUT2D eigenvalue weighted by atomic mass is 35.5. The van der Waals surface area contributed by atoms with Gasteiger partial charge in [-0.1, -0.05) is 11.6 Å². The van der Waals surface area contributed by atoms with Gasteiger partial charge in [0.1, 0.15) is 12.0 Å². The van der Waals surface area contributed by atoms with Crippen LogP contribution in [0, 0.1) is 0 Å². The van der Waals surface area contributed by atoms with Gasteiger partial charge in [0.05, 0.1) is 5.69 Å². The molecule has 0 amide bonds. The van der Waals surface area contributed by atoms with Crippen LogP contribution in [0.4, 0.5) is 14.5 Å². The second-order valence-corrected chi connectivity index (χ2v) is 2.12. The number of nitrogen functional groups attached to an aromatic ring is 1. The van der Waals surface area contributed by atoms with Gasteiger partial charge in [-0.15, -0.1) is 0 Å². The molecule has 0 saturated heterocycles. The molecule has 0 aromatic carbocycles. The average Bonchev–Trinajstić information content (AvgIpc) is 1.94. The van der Waals surface area contributed by atoms with E-state index in [9.17, 15) is 8.78 Å². The highest BCUT2D eigenvalue weighted by Crippen LogP contribution is 2.26. The number of nitrogens with zero attached hydrogens (tertiary/aromatic N) is 2. The number of nitrogens with two attached hydrogens (primary N) is 1. The number of rotatable bonds is 1. The van der Waals surface area contributed by atoms with Crippen LogP contribution < -0.4 is 5.73 Å². The van der Waals surface area contributed by atoms with Crippen molar-refractivity contribution in [1.29, 1.82) is 0 Å². The summed E-state index contributed by atoms with van der Waals surface area (Å²) < 4.78 is 24.0. The van der Waals surface area contributed by atoms with E-state index in [-0.39, 0.29) is 10.8 Å². The van der Waals surface area contributed by atoms with E-state index in [1.807, 2.05) is 0 Å². The molecule has 1 rings (SSSR count). The predicted molar refractivity (Wildman–Crippen MR) is 36.4 cm³/mol. The van der Waals surface area contributed by atoms with Crippen LogP contribution in [0.1, 0.15) is 12.1 Å². The second kappa shape index (κ2) is 2.96. The summed E-state index contributed by atoms with van der Waals surface area (Å²) in [6.07, 6.45) is -1.77. The lowest BCUT2D eigenvalue weighted by Gasteiger charge is -2.02. The van der Waals surface area contributed by atoms with Gasteiger partial charge in [-0.05, 0) is 0 Å². The van der Waals surface area contributed by atoms with Gasteiger partial charge < -0.3 is 5.73 Å². The molecule has 0 aliphatic rings. The number of halogens is 3. The van der Waals surface area contributed by atoms with E-state index in [4.69, 9.17) is 17.3 Å². The van der Waals surface area contributed by atoms with Crippen molar-refractivity contribution in [3.05, 3.63) is 17.2 Å². The van der Waals surface area contributed by atoms with Crippen molar-refractivity contribution in [3.63, 3.8) is 0 Å². The van der Waals surface area contributed by atoms with Crippen LogP contribution in [0.3, 0.4) is 0 Å². The van der Waals surface area contributed by atoms with Crippen LogP contribution in [0.15, 0.2) is 6.33 Å². The maximum atomic E-state index is 12.0. The molecule has 0 radical (unpaired) electrons. The second-order valence-electron chi connectivity index (χ2n) is 1.76. The first-order valence-electron chi connectivity index (χ1n) is 2.67. The Balaban J connectivity index is 3.17. The number of hydrogen-bond acceptors (Lipinski definition) is 3. The van der Waals surface area contributed by atoms with Gasteiger partial charge >= 0.3 is 0 Å². The summed E-state index contributed by atoms with van der Waals surface area (Å²) in [4.78, 5) is 6.69. The molecule has 2 N–H and O–H groups in total. The van der Waals surface area contributed by atoms with Gasteiger partial charge in [0.15, 0.2) is 5.15 Å². The molecule has 1 aromatic heterocycles. The van der Waals surface area contributed by atoms with E-state index in [1.54, 1.807) is 0 Å². The highest BCUT2D eigenvalue weighted by molar-refractivity contribution is 6.31. The quantitative estimate of drug-likeness (QED) is 0.667. The first-order chi connectivity index (χ1) is 5.13. The SMILES string of the molecule is Nc1c(Cl)ncnc1C(F)F. The van der Waals surface area contributed by atoms with Gasteiger partial charge in [-0.2, -0.15) is 0 Å². The third-order valence-corrected chi connectivity index (χ3v) is 1.37. The van der Waals surface area contributed by atoms with Crippen LogP contribution in [0.2, 0.25) is 5.15 Å². The first-order valence-corrected chi connectivity index (χ1v) is 3.04. The molecule has 3 nitrogen and oxygen atoms in total. The Bertz CT molecular complexity index is 266. The van der Waals surface area contributed by atoms with Crippen molar-refractivity contribution in [3.8, 4) is 0 Å². The Morgan fingerprint density at radius 3 is 2.55 bits per heavy atom. The van der Waals surface area contributed by atoms with Crippen LogP contribution in [-0.2, 0) is 0 Å². The van der Waals surface area contributed by atoms with Crippen LogP contribution in [-0.4, -0.2) is 9.97 Å². The van der Waals surface area contributed by atoms with Crippen molar-refractivity contribution in [2.75, 3.05) is 5.73 Å². The van der Waals surface area contributed by atoms with Gasteiger partial charge in [0, 0.05) is 0 Å². The lowest BCUT2D eigenvalue weighted by Crippen LogP contribution is -2.00. The van der Waals surface area contributed by atoms with E-state index in [0.717, 1.165) is 6.33 Å². The fraction of sp³-hybridized carbons (Fsp3) is 0.200. The zero-order chi connectivity index (χ0) is 8.43. The summed E-state index contributed by atoms with van der Waals surface area (Å²) >= 11 is 5.35. The van der Waals surface area contributed by atoms with Crippen LogP contribution in [0.25, 0.3) is 0 Å². The van der Waals surface area contributed by atoms with E-state index < -0.39 is 12.1 Å². The molecule has 0 fully saturated rings. The number of aromatic nitrogens is 2. The van der Waals surface area contributed by atoms with E-state index in [2.05, 4.69) is 9.97 Å². The first kappa shape index (κ1) is 8.13. The standard InChI is InChI=1S/C5H4ClF2N3/c6-4-2(9)3(5(7)8)10-1-11-4/h1,5H,9H2. The normalized spacial score (nSPS) is 10.5. The molecular weight excluding hydrogens is 176 g/mol. The van der Waals surface area contributed by atoms with Crippen molar-refractivity contribution in [2.24, 2.45) is 0 Å². The number of anilines is 1. The third-order valence-electron chi connectivity index (χ3n) is 1.07. The molecule has 1 heterocycles. The maximum Gasteiger partial charge on any atom is 0.282 e. The third kappa shape index (κ3) is 1.54. The smallest absolute Gasteiger partial charge is 0.282 e. The lowest BCUT2D eigenvalue weighted by molar-refractivity contribution is 0.147. The molecule has 0 bridgehead atoms. The molecule has 0 saturated carbocycles. The topological polar surface area (TPSA) is 51.8 Å². The minimum atomic E-state index is -2.71. The van der Waals surface area contributed by atoms with Crippen LogP contribution >= 0.6 is 11.6 Å². The molecule has 11 heavy (non-hydrogen) atoms. The Kier molecular flexibility index (Phi) is 2.19. The van der Waals surface area contributed by atoms with Gasteiger partial charge in [0.2, 0.25) is 0 Å². The van der Waals surface area contributed by atoms with Gasteiger partial charge in [-0.3, -0.25) is 0 Å². The largest absolute Gasteiger partial charge is 0.395 e. The van der Waals surface area contributed by atoms with Gasteiger partial charge in [-0.25, -0.2) is 18.7 Å². The fourth-order valence-corrected chi connectivity index (χ4v) is 0.701. The van der Waals surface area contributed by atoms with Gasteiger partial charge in [0.25, 0.3) is 6.43 Å². The highest BCUT2D eigenvalue weighted by Gasteiger charge is 2.14. The van der Waals surface area contributed by atoms with Crippen molar-refractivity contribution < 1.29 is 8.78 Å². The monoisotopic (exact) mass is 179 g/mol. The molecule has 6 heteroatoms. The molecule has 0 spiro atoms. The van der Waals surface area contributed by atoms with Crippen molar-refractivity contribution >= 4 is 17.3 Å². The minimum absolute atomic E-state index is 0.143. The summed E-state index contributed by atoms with van der Waals surface area (Å²) in [6, 6.07) is 0. The zero-order valence-electron chi connectivity index (χ0n) is 5.26. The van der Waals surface area contributed by atoms with E-state index in [0.29, 0.717) is 0 Å². The molecule has 60 valence electrons. The number of alkyl halides is 2. The molecule has 1 aromatic rings. The Labute approximate surface area is 66.2 Å². The minimum Gasteiger partial charge on any atom is -0.395 e. The van der Waals surface area contributed by atoms with Crippen molar-refractivity contribution in [2.45, 2.75) is 6.43 Å². The summed E-state index contributed by atoms with van der Waals surface area (Å²) in [5, 5.41) is -0.143. The Morgan fingerprint density at radius 1 is 1.45 bits per heavy atom. The summed E-state index contributed by atoms with van der Waals surface area (Å²) in [7, 11) is 0. The molecule has 0 aliphatic heterocycles. The Morgan fingerprint density at radius 2 is 2.09 bits per heavy atom. The predicted octanol–water partition coefficient (Wildman–Crippen LogP) is 1.65. The molecule has 0 unspecified atom stereocenters.